The van der Waals surface area contributed by atoms with Gasteiger partial charge in [-0.05, 0) is 43.5 Å². The molecule has 1 aliphatic rings. The van der Waals surface area contributed by atoms with Crippen LogP contribution in [0.1, 0.15) is 41.6 Å². The van der Waals surface area contributed by atoms with E-state index in [1.54, 1.807) is 23.1 Å². The monoisotopic (exact) mass is 281 g/mol. The van der Waals surface area contributed by atoms with Crippen molar-refractivity contribution in [3.8, 4) is 5.75 Å². The van der Waals surface area contributed by atoms with Gasteiger partial charge in [0, 0.05) is 18.7 Å². The molecule has 0 saturated heterocycles. The van der Waals surface area contributed by atoms with Crippen molar-refractivity contribution in [1.82, 2.24) is 4.90 Å². The van der Waals surface area contributed by atoms with Crippen LogP contribution in [0.25, 0.3) is 0 Å². The molecule has 1 aromatic carbocycles. The van der Waals surface area contributed by atoms with Crippen LogP contribution in [0.4, 0.5) is 0 Å². The number of phenols is 1. The third-order valence-electron chi connectivity index (χ3n) is 3.91. The lowest BCUT2D eigenvalue weighted by molar-refractivity contribution is 0.0699. The van der Waals surface area contributed by atoms with E-state index in [-0.39, 0.29) is 23.1 Å². The molecule has 1 saturated carbocycles. The van der Waals surface area contributed by atoms with Crippen LogP contribution >= 0.6 is 11.6 Å². The molecule has 1 N–H and O–H groups in total. The number of carbonyl (C=O) groups is 1. The standard InChI is InChI=1S/C15H20ClNO2/c1-10-9-11(18)7-8-12(10)15(19)17(2)14-6-4-3-5-13(14)16/h7-9,13-14,18H,3-6H2,1-2H3. The average Bonchev–Trinajstić information content (AvgIpc) is 2.38. The molecule has 0 radical (unpaired) electrons. The van der Waals surface area contributed by atoms with Gasteiger partial charge in [0.05, 0.1) is 5.38 Å². The zero-order valence-electron chi connectivity index (χ0n) is 11.4. The van der Waals surface area contributed by atoms with E-state index >= 15 is 0 Å². The molecule has 0 spiro atoms. The van der Waals surface area contributed by atoms with E-state index in [1.165, 1.54) is 0 Å². The van der Waals surface area contributed by atoms with Crippen LogP contribution in [-0.4, -0.2) is 34.4 Å². The van der Waals surface area contributed by atoms with E-state index in [0.29, 0.717) is 5.56 Å². The summed E-state index contributed by atoms with van der Waals surface area (Å²) < 4.78 is 0. The number of hydrogen-bond donors (Lipinski definition) is 1. The van der Waals surface area contributed by atoms with Crippen molar-refractivity contribution in [3.63, 3.8) is 0 Å². The zero-order valence-corrected chi connectivity index (χ0v) is 12.2. The van der Waals surface area contributed by atoms with Gasteiger partial charge in [0.2, 0.25) is 0 Å². The van der Waals surface area contributed by atoms with Crippen molar-refractivity contribution in [1.29, 1.82) is 0 Å². The van der Waals surface area contributed by atoms with E-state index in [4.69, 9.17) is 11.6 Å². The van der Waals surface area contributed by atoms with Crippen molar-refractivity contribution in [3.05, 3.63) is 29.3 Å². The van der Waals surface area contributed by atoms with Gasteiger partial charge < -0.3 is 10.0 Å². The first-order valence-electron chi connectivity index (χ1n) is 6.71. The first kappa shape index (κ1) is 14.2. The maximum atomic E-state index is 12.5. The van der Waals surface area contributed by atoms with Crippen molar-refractivity contribution in [2.45, 2.75) is 44.0 Å². The number of alkyl halides is 1. The Morgan fingerprint density at radius 1 is 1.37 bits per heavy atom. The molecule has 4 heteroatoms. The van der Waals surface area contributed by atoms with Crippen LogP contribution in [0, 0.1) is 6.92 Å². The molecule has 19 heavy (non-hydrogen) atoms. The number of halogens is 1. The summed E-state index contributed by atoms with van der Waals surface area (Å²) in [4.78, 5) is 14.3. The number of aryl methyl sites for hydroxylation is 1. The van der Waals surface area contributed by atoms with Crippen LogP contribution in [-0.2, 0) is 0 Å². The Kier molecular flexibility index (Phi) is 4.35. The van der Waals surface area contributed by atoms with Gasteiger partial charge in [0.25, 0.3) is 5.91 Å². The quantitative estimate of drug-likeness (QED) is 0.845. The Balaban J connectivity index is 2.18. The summed E-state index contributed by atoms with van der Waals surface area (Å²) in [7, 11) is 1.82. The van der Waals surface area contributed by atoms with Gasteiger partial charge in [-0.3, -0.25) is 4.79 Å². The number of benzene rings is 1. The summed E-state index contributed by atoms with van der Waals surface area (Å²) in [5.74, 6) is 0.166. The minimum Gasteiger partial charge on any atom is -0.508 e. The van der Waals surface area contributed by atoms with Crippen LogP contribution in [0.15, 0.2) is 18.2 Å². The Labute approximate surface area is 119 Å². The van der Waals surface area contributed by atoms with Crippen LogP contribution in [0.2, 0.25) is 0 Å². The normalized spacial score (nSPS) is 23.1. The number of hydrogen-bond acceptors (Lipinski definition) is 2. The van der Waals surface area contributed by atoms with Crippen molar-refractivity contribution < 1.29 is 9.90 Å². The lowest BCUT2D eigenvalue weighted by Crippen LogP contribution is -2.44. The molecule has 2 rings (SSSR count). The Morgan fingerprint density at radius 3 is 2.68 bits per heavy atom. The highest BCUT2D eigenvalue weighted by Crippen LogP contribution is 2.28. The average molecular weight is 282 g/mol. The second-order valence-corrected chi connectivity index (χ2v) is 5.84. The molecule has 1 aliphatic carbocycles. The summed E-state index contributed by atoms with van der Waals surface area (Å²) in [6.45, 7) is 1.83. The fourth-order valence-electron chi connectivity index (χ4n) is 2.73. The fraction of sp³-hybridized carbons (Fsp3) is 0.533. The number of aromatic hydroxyl groups is 1. The smallest absolute Gasteiger partial charge is 0.254 e. The molecule has 2 atom stereocenters. The van der Waals surface area contributed by atoms with Gasteiger partial charge in [-0.15, -0.1) is 11.6 Å². The van der Waals surface area contributed by atoms with Crippen LogP contribution in [0.5, 0.6) is 5.75 Å². The topological polar surface area (TPSA) is 40.5 Å². The van der Waals surface area contributed by atoms with Crippen LogP contribution in [0.3, 0.4) is 0 Å². The summed E-state index contributed by atoms with van der Waals surface area (Å²) >= 11 is 6.34. The van der Waals surface area contributed by atoms with Gasteiger partial charge in [0.15, 0.2) is 0 Å². The number of nitrogens with zero attached hydrogens (tertiary/aromatic N) is 1. The molecular formula is C15H20ClNO2. The minimum atomic E-state index is -0.0185. The maximum absolute atomic E-state index is 12.5. The van der Waals surface area contributed by atoms with E-state index < -0.39 is 0 Å². The largest absolute Gasteiger partial charge is 0.508 e. The SMILES string of the molecule is Cc1cc(O)ccc1C(=O)N(C)C1CCCCC1Cl. The van der Waals surface area contributed by atoms with Gasteiger partial charge in [0.1, 0.15) is 5.75 Å². The number of amides is 1. The predicted octanol–water partition coefficient (Wildman–Crippen LogP) is 3.32. The highest BCUT2D eigenvalue weighted by atomic mass is 35.5. The van der Waals surface area contributed by atoms with E-state index in [9.17, 15) is 9.90 Å². The second kappa shape index (κ2) is 5.83. The number of phenolic OH excluding ortho intramolecular Hbond substituents is 1. The zero-order chi connectivity index (χ0) is 14.0. The fourth-order valence-corrected chi connectivity index (χ4v) is 3.18. The maximum Gasteiger partial charge on any atom is 0.254 e. The lowest BCUT2D eigenvalue weighted by Gasteiger charge is -2.35. The molecule has 1 aromatic rings. The minimum absolute atomic E-state index is 0.0185. The highest BCUT2D eigenvalue weighted by Gasteiger charge is 2.30. The lowest BCUT2D eigenvalue weighted by atomic mass is 9.93. The Bertz CT molecular complexity index is 475. The van der Waals surface area contributed by atoms with Gasteiger partial charge in [-0.1, -0.05) is 12.8 Å². The van der Waals surface area contributed by atoms with Crippen LogP contribution < -0.4 is 0 Å². The highest BCUT2D eigenvalue weighted by molar-refractivity contribution is 6.21. The first-order chi connectivity index (χ1) is 9.00. The van der Waals surface area contributed by atoms with Gasteiger partial charge in [-0.25, -0.2) is 0 Å². The van der Waals surface area contributed by atoms with Gasteiger partial charge in [-0.2, -0.15) is 0 Å². The molecule has 0 aromatic heterocycles. The molecule has 3 nitrogen and oxygen atoms in total. The van der Waals surface area contributed by atoms with Crippen molar-refractivity contribution in [2.75, 3.05) is 7.05 Å². The molecular weight excluding hydrogens is 262 g/mol. The predicted molar refractivity (Wildman–Crippen MR) is 76.8 cm³/mol. The molecule has 0 heterocycles. The Hall–Kier alpha value is -1.22. The van der Waals surface area contributed by atoms with Crippen molar-refractivity contribution >= 4 is 17.5 Å². The van der Waals surface area contributed by atoms with E-state index in [1.807, 2.05) is 14.0 Å². The molecule has 1 fully saturated rings. The summed E-state index contributed by atoms with van der Waals surface area (Å²) in [5.41, 5.74) is 1.42. The Morgan fingerprint density at radius 2 is 2.05 bits per heavy atom. The van der Waals surface area contributed by atoms with E-state index in [2.05, 4.69) is 0 Å². The molecule has 1 amide bonds. The summed E-state index contributed by atoms with van der Waals surface area (Å²) in [6, 6.07) is 4.94. The summed E-state index contributed by atoms with van der Waals surface area (Å²) in [5, 5.41) is 9.44. The third kappa shape index (κ3) is 3.03. The third-order valence-corrected chi connectivity index (χ3v) is 4.41. The second-order valence-electron chi connectivity index (χ2n) is 5.28. The molecule has 104 valence electrons. The van der Waals surface area contributed by atoms with E-state index in [0.717, 1.165) is 31.2 Å². The number of rotatable bonds is 2. The number of carbonyl (C=O) groups excluding carboxylic acids is 1. The molecule has 0 bridgehead atoms. The molecule has 0 aliphatic heterocycles. The molecule has 2 unspecified atom stereocenters. The van der Waals surface area contributed by atoms with Gasteiger partial charge >= 0.3 is 0 Å². The van der Waals surface area contributed by atoms with Crippen molar-refractivity contribution in [2.24, 2.45) is 0 Å². The summed E-state index contributed by atoms with van der Waals surface area (Å²) in [6.07, 6.45) is 4.21. The first-order valence-corrected chi connectivity index (χ1v) is 7.15.